The molecule has 1 atom stereocenters. The van der Waals surface area contributed by atoms with Crippen LogP contribution in [0.2, 0.25) is 0 Å². The Morgan fingerprint density at radius 2 is 2.05 bits per heavy atom. The molecule has 1 spiro atoms. The molecule has 0 unspecified atom stereocenters. The third-order valence-electron chi connectivity index (χ3n) is 5.98. The molecule has 4 aliphatic rings. The number of hydrogen-bond acceptors (Lipinski definition) is 3. The molecule has 1 aromatic carbocycles. The zero-order valence-corrected chi connectivity index (χ0v) is 13.4. The summed E-state index contributed by atoms with van der Waals surface area (Å²) in [6, 6.07) is 8.52. The van der Waals surface area contributed by atoms with Gasteiger partial charge in [0.05, 0.1) is 6.04 Å². The van der Waals surface area contributed by atoms with Crippen molar-refractivity contribution in [1.82, 2.24) is 10.2 Å². The van der Waals surface area contributed by atoms with Gasteiger partial charge in [-0.05, 0) is 79.7 Å². The Morgan fingerprint density at radius 1 is 1.23 bits per heavy atom. The number of thiophene rings is 1. The van der Waals surface area contributed by atoms with Gasteiger partial charge in [0.15, 0.2) is 0 Å². The number of fused-ring (bicyclic) bond motifs is 3. The van der Waals surface area contributed by atoms with E-state index in [9.17, 15) is 4.79 Å². The van der Waals surface area contributed by atoms with Crippen LogP contribution in [-0.2, 0) is 0 Å². The number of piperidine rings is 3. The summed E-state index contributed by atoms with van der Waals surface area (Å²) in [6.45, 7) is 2.47. The van der Waals surface area contributed by atoms with Crippen molar-refractivity contribution in [2.75, 3.05) is 13.1 Å². The lowest BCUT2D eigenvalue weighted by Gasteiger charge is -2.52. The van der Waals surface area contributed by atoms with Crippen LogP contribution in [-0.4, -0.2) is 35.5 Å². The van der Waals surface area contributed by atoms with Gasteiger partial charge in [0.2, 0.25) is 0 Å². The van der Waals surface area contributed by atoms with Gasteiger partial charge in [0, 0.05) is 15.8 Å². The topological polar surface area (TPSA) is 32.3 Å². The monoisotopic (exact) mass is 312 g/mol. The number of benzene rings is 1. The molecular weight excluding hydrogens is 292 g/mol. The number of carbonyl (C=O) groups is 1. The van der Waals surface area contributed by atoms with Gasteiger partial charge in [-0.1, -0.05) is 0 Å². The van der Waals surface area contributed by atoms with Gasteiger partial charge in [-0.3, -0.25) is 9.69 Å². The minimum Gasteiger partial charge on any atom is -0.347 e. The number of carbonyl (C=O) groups excluding carboxylic acids is 1. The average Bonchev–Trinajstić information content (AvgIpc) is 3.18. The molecule has 4 heterocycles. The highest BCUT2D eigenvalue weighted by Gasteiger charge is 2.60. The second-order valence-corrected chi connectivity index (χ2v) is 8.00. The van der Waals surface area contributed by atoms with Crippen LogP contribution in [0, 0.1) is 5.92 Å². The van der Waals surface area contributed by atoms with E-state index in [4.69, 9.17) is 0 Å². The molecule has 6 rings (SSSR count). The van der Waals surface area contributed by atoms with Crippen LogP contribution in [0.15, 0.2) is 29.6 Å². The summed E-state index contributed by atoms with van der Waals surface area (Å²) in [7, 11) is 0. The molecule has 22 heavy (non-hydrogen) atoms. The molecule has 2 aromatic rings. The Morgan fingerprint density at radius 3 is 2.82 bits per heavy atom. The molecular formula is C18H20N2OS. The van der Waals surface area contributed by atoms with Gasteiger partial charge in [-0.25, -0.2) is 0 Å². The lowest BCUT2D eigenvalue weighted by Crippen LogP contribution is -2.65. The quantitative estimate of drug-likeness (QED) is 0.923. The second-order valence-electron chi connectivity index (χ2n) is 7.05. The smallest absolute Gasteiger partial charge is 0.251 e. The Kier molecular flexibility index (Phi) is 2.71. The first-order valence-electron chi connectivity index (χ1n) is 8.29. The van der Waals surface area contributed by atoms with Crippen LogP contribution >= 0.6 is 11.3 Å². The first-order valence-corrected chi connectivity index (χ1v) is 9.17. The van der Waals surface area contributed by atoms with E-state index in [-0.39, 0.29) is 5.91 Å². The lowest BCUT2D eigenvalue weighted by atomic mass is 9.77. The summed E-state index contributed by atoms with van der Waals surface area (Å²) in [5.41, 5.74) is 1.11. The molecule has 0 radical (unpaired) electrons. The van der Waals surface area contributed by atoms with Crippen LogP contribution in [0.3, 0.4) is 0 Å². The third-order valence-corrected chi connectivity index (χ3v) is 6.88. The second kappa shape index (κ2) is 4.56. The van der Waals surface area contributed by atoms with Crippen molar-refractivity contribution in [3.63, 3.8) is 0 Å². The normalized spacial score (nSPS) is 31.5. The minimum atomic E-state index is 0.109. The predicted octanol–water partition coefficient (Wildman–Crippen LogP) is 3.26. The third kappa shape index (κ3) is 1.80. The summed E-state index contributed by atoms with van der Waals surface area (Å²) in [6.07, 6.45) is 5.02. The highest BCUT2D eigenvalue weighted by Crippen LogP contribution is 2.53. The molecule has 3 saturated heterocycles. The number of amides is 1. The molecule has 2 bridgehead atoms. The predicted molar refractivity (Wildman–Crippen MR) is 89.3 cm³/mol. The Labute approximate surface area is 134 Å². The van der Waals surface area contributed by atoms with Gasteiger partial charge < -0.3 is 5.32 Å². The van der Waals surface area contributed by atoms with E-state index in [1.165, 1.54) is 48.9 Å². The van der Waals surface area contributed by atoms with Crippen molar-refractivity contribution >= 4 is 27.3 Å². The standard InChI is InChI=1S/C18H20N2OS/c21-17(14-1-2-15-13(11-14)5-10-22-15)19-16-12-3-8-20(9-4-12)18(16)6-7-18/h1-2,5,10-12,16H,3-4,6-9H2,(H,19,21)/t16-/m1/s1. The van der Waals surface area contributed by atoms with Crippen molar-refractivity contribution in [2.24, 2.45) is 5.92 Å². The summed E-state index contributed by atoms with van der Waals surface area (Å²) < 4.78 is 1.25. The van der Waals surface area contributed by atoms with E-state index >= 15 is 0 Å². The maximum Gasteiger partial charge on any atom is 0.251 e. The van der Waals surface area contributed by atoms with Crippen molar-refractivity contribution in [1.29, 1.82) is 0 Å². The molecule has 1 aromatic heterocycles. The van der Waals surface area contributed by atoms with Crippen LogP contribution < -0.4 is 5.32 Å². The molecule has 4 heteroatoms. The van der Waals surface area contributed by atoms with Gasteiger partial charge in [-0.15, -0.1) is 11.3 Å². The Balaban J connectivity index is 1.42. The van der Waals surface area contributed by atoms with Crippen LogP contribution in [0.1, 0.15) is 36.0 Å². The number of nitrogens with zero attached hydrogens (tertiary/aromatic N) is 1. The average molecular weight is 312 g/mol. The minimum absolute atomic E-state index is 0.109. The van der Waals surface area contributed by atoms with Gasteiger partial charge in [0.25, 0.3) is 5.91 Å². The van der Waals surface area contributed by atoms with Crippen LogP contribution in [0.4, 0.5) is 0 Å². The fraction of sp³-hybridized carbons (Fsp3) is 0.500. The van der Waals surface area contributed by atoms with E-state index in [1.54, 1.807) is 11.3 Å². The molecule has 4 fully saturated rings. The van der Waals surface area contributed by atoms with Gasteiger partial charge in [-0.2, -0.15) is 0 Å². The fourth-order valence-electron chi connectivity index (χ4n) is 4.65. The molecule has 1 amide bonds. The molecule has 1 saturated carbocycles. The maximum absolute atomic E-state index is 12.7. The highest BCUT2D eigenvalue weighted by molar-refractivity contribution is 7.17. The van der Waals surface area contributed by atoms with Gasteiger partial charge >= 0.3 is 0 Å². The number of hydrogen-bond donors (Lipinski definition) is 1. The first-order chi connectivity index (χ1) is 10.8. The van der Waals surface area contributed by atoms with E-state index in [2.05, 4.69) is 27.7 Å². The fourth-order valence-corrected chi connectivity index (χ4v) is 5.42. The Hall–Kier alpha value is -1.39. The summed E-state index contributed by atoms with van der Waals surface area (Å²) in [4.78, 5) is 15.4. The van der Waals surface area contributed by atoms with Crippen LogP contribution in [0.25, 0.3) is 10.1 Å². The highest BCUT2D eigenvalue weighted by atomic mass is 32.1. The van der Waals surface area contributed by atoms with E-state index < -0.39 is 0 Å². The van der Waals surface area contributed by atoms with Crippen molar-refractivity contribution in [2.45, 2.75) is 37.3 Å². The SMILES string of the molecule is O=C(N[C@@H]1C2CCN(CC2)C12CC2)c1ccc2sccc2c1. The molecule has 3 nitrogen and oxygen atoms in total. The lowest BCUT2D eigenvalue weighted by molar-refractivity contribution is -0.00144. The number of rotatable bonds is 2. The Bertz CT molecular complexity index is 740. The van der Waals surface area contributed by atoms with E-state index in [1.807, 2.05) is 12.1 Å². The molecule has 3 aliphatic heterocycles. The number of nitrogens with one attached hydrogen (secondary N) is 1. The largest absolute Gasteiger partial charge is 0.347 e. The summed E-state index contributed by atoms with van der Waals surface area (Å²) >= 11 is 1.72. The zero-order valence-electron chi connectivity index (χ0n) is 12.5. The van der Waals surface area contributed by atoms with E-state index in [0.717, 1.165) is 5.56 Å². The first kappa shape index (κ1) is 13.1. The van der Waals surface area contributed by atoms with Crippen molar-refractivity contribution in [3.8, 4) is 0 Å². The van der Waals surface area contributed by atoms with Gasteiger partial charge in [0.1, 0.15) is 0 Å². The maximum atomic E-state index is 12.7. The molecule has 114 valence electrons. The van der Waals surface area contributed by atoms with Crippen LogP contribution in [0.5, 0.6) is 0 Å². The summed E-state index contributed by atoms with van der Waals surface area (Å²) in [5.74, 6) is 0.791. The zero-order chi connectivity index (χ0) is 14.7. The van der Waals surface area contributed by atoms with Crippen molar-refractivity contribution in [3.05, 3.63) is 35.2 Å². The molecule has 1 aliphatic carbocycles. The summed E-state index contributed by atoms with van der Waals surface area (Å²) in [5, 5.41) is 6.66. The van der Waals surface area contributed by atoms with E-state index in [0.29, 0.717) is 17.5 Å². The molecule has 1 N–H and O–H groups in total. The van der Waals surface area contributed by atoms with Crippen molar-refractivity contribution < 1.29 is 4.79 Å².